The number of carboxylic acids is 1. The number of hydrazone groups is 2. The summed E-state index contributed by atoms with van der Waals surface area (Å²) >= 11 is 0. The maximum atomic E-state index is 13.8. The summed E-state index contributed by atoms with van der Waals surface area (Å²) in [5.41, 5.74) is 4.65. The number of nitrogens with one attached hydrogen (secondary N) is 1. The van der Waals surface area contributed by atoms with E-state index in [2.05, 4.69) is 25.9 Å². The molecule has 2 aromatic rings. The van der Waals surface area contributed by atoms with Crippen LogP contribution in [0.3, 0.4) is 0 Å². The summed E-state index contributed by atoms with van der Waals surface area (Å²) in [6.45, 7) is 7.22. The van der Waals surface area contributed by atoms with E-state index in [1.54, 1.807) is 19.9 Å². The van der Waals surface area contributed by atoms with Crippen LogP contribution in [0.5, 0.6) is 0 Å². The Bertz CT molecular complexity index is 1260. The summed E-state index contributed by atoms with van der Waals surface area (Å²) in [7, 11) is 0. The first-order valence-corrected chi connectivity index (χ1v) is 10.2. The number of anilines is 1. The minimum Gasteiger partial charge on any atom is -0.478 e. The summed E-state index contributed by atoms with van der Waals surface area (Å²) in [6, 6.07) is 10.4. The fraction of sp³-hybridized carbons (Fsp3) is 0.261. The van der Waals surface area contributed by atoms with Crippen molar-refractivity contribution in [3.8, 4) is 0 Å². The molecule has 0 saturated carbocycles. The summed E-state index contributed by atoms with van der Waals surface area (Å²) in [4.78, 5) is 37.1. The number of azo groups is 1. The monoisotopic (exact) mass is 446 g/mol. The molecule has 33 heavy (non-hydrogen) atoms. The third-order valence-electron chi connectivity index (χ3n) is 5.87. The second-order valence-corrected chi connectivity index (χ2v) is 8.01. The third kappa shape index (κ3) is 3.59. The molecule has 2 N–H and O–H groups in total. The fourth-order valence-electron chi connectivity index (χ4n) is 3.70. The van der Waals surface area contributed by atoms with E-state index in [0.29, 0.717) is 22.7 Å². The molecule has 2 aromatic carbocycles. The highest BCUT2D eigenvalue weighted by atomic mass is 16.4. The molecule has 0 bridgehead atoms. The van der Waals surface area contributed by atoms with Gasteiger partial charge < -0.3 is 5.11 Å². The van der Waals surface area contributed by atoms with Crippen molar-refractivity contribution >= 4 is 34.9 Å². The molecular weight excluding hydrogens is 424 g/mol. The Morgan fingerprint density at radius 2 is 1.76 bits per heavy atom. The van der Waals surface area contributed by atoms with Crippen LogP contribution in [0.15, 0.2) is 62.9 Å². The molecule has 2 aliphatic rings. The van der Waals surface area contributed by atoms with Crippen LogP contribution in [-0.2, 0) is 15.1 Å². The first kappa shape index (κ1) is 22.0. The van der Waals surface area contributed by atoms with E-state index in [9.17, 15) is 14.4 Å². The van der Waals surface area contributed by atoms with Gasteiger partial charge in [-0.25, -0.2) is 10.2 Å². The van der Waals surface area contributed by atoms with Crippen LogP contribution in [0, 0.1) is 13.8 Å². The first-order valence-electron chi connectivity index (χ1n) is 10.2. The lowest BCUT2D eigenvalue weighted by atomic mass is 9.84. The molecule has 2 aliphatic heterocycles. The van der Waals surface area contributed by atoms with Gasteiger partial charge in [0, 0.05) is 0 Å². The van der Waals surface area contributed by atoms with Crippen LogP contribution in [0.1, 0.15) is 40.9 Å². The van der Waals surface area contributed by atoms with E-state index in [1.807, 2.05) is 26.0 Å². The van der Waals surface area contributed by atoms with Gasteiger partial charge in [-0.3, -0.25) is 9.59 Å². The van der Waals surface area contributed by atoms with Gasteiger partial charge in [0.1, 0.15) is 0 Å². The van der Waals surface area contributed by atoms with Crippen molar-refractivity contribution in [3.05, 3.63) is 64.7 Å². The molecular formula is C23H22N6O4. The topological polar surface area (TPSA) is 136 Å². The average molecular weight is 446 g/mol. The zero-order valence-corrected chi connectivity index (χ0v) is 18.5. The van der Waals surface area contributed by atoms with E-state index >= 15 is 0 Å². The fourth-order valence-corrected chi connectivity index (χ4v) is 3.70. The highest BCUT2D eigenvalue weighted by molar-refractivity contribution is 6.22. The normalized spacial score (nSPS) is 22.5. The molecule has 0 aliphatic carbocycles. The standard InChI is InChI=1S/C23H22N6O4/c1-12-5-8-17(11-13(12)2)23(28-25-19-14(3)24-26-20(19)30)15(4)27-29(22(23)33)18-9-6-16(7-10-18)21(31)32/h5-11,19H,1-4H3,(H,26,30)(H,31,32). The van der Waals surface area contributed by atoms with Crippen LogP contribution < -0.4 is 10.4 Å². The number of carbonyl (C=O) groups is 3. The smallest absolute Gasteiger partial charge is 0.335 e. The maximum Gasteiger partial charge on any atom is 0.335 e. The number of amides is 2. The quantitative estimate of drug-likeness (QED) is 0.682. The van der Waals surface area contributed by atoms with Gasteiger partial charge >= 0.3 is 5.97 Å². The molecule has 2 heterocycles. The predicted octanol–water partition coefficient (Wildman–Crippen LogP) is 2.95. The number of nitrogens with zero attached hydrogens (tertiary/aromatic N) is 5. The lowest BCUT2D eigenvalue weighted by molar-refractivity contribution is -0.122. The number of hydrogen-bond acceptors (Lipinski definition) is 7. The second kappa shape index (κ2) is 8.05. The number of benzene rings is 2. The minimum atomic E-state index is -1.58. The van der Waals surface area contributed by atoms with Crippen LogP contribution in [0.25, 0.3) is 0 Å². The number of aryl methyl sites for hydroxylation is 2. The number of rotatable bonds is 5. The zero-order chi connectivity index (χ0) is 23.9. The Morgan fingerprint density at radius 3 is 2.33 bits per heavy atom. The van der Waals surface area contributed by atoms with E-state index in [1.165, 1.54) is 29.3 Å². The van der Waals surface area contributed by atoms with Crippen molar-refractivity contribution in [2.45, 2.75) is 39.3 Å². The molecule has 2 atom stereocenters. The summed E-state index contributed by atoms with van der Waals surface area (Å²) in [5.74, 6) is -1.98. The van der Waals surface area contributed by atoms with Gasteiger partial charge in [0.25, 0.3) is 11.8 Å². The van der Waals surface area contributed by atoms with Gasteiger partial charge in [0.05, 0.1) is 22.7 Å². The van der Waals surface area contributed by atoms with Gasteiger partial charge in [-0.15, -0.1) is 0 Å². The molecule has 10 nitrogen and oxygen atoms in total. The van der Waals surface area contributed by atoms with E-state index in [0.717, 1.165) is 11.1 Å². The molecule has 2 amide bonds. The van der Waals surface area contributed by atoms with Crippen LogP contribution in [-0.4, -0.2) is 40.4 Å². The first-order chi connectivity index (χ1) is 15.6. The Hall–Kier alpha value is -4.21. The molecule has 0 aromatic heterocycles. The highest BCUT2D eigenvalue weighted by Crippen LogP contribution is 2.39. The molecule has 10 heteroatoms. The van der Waals surface area contributed by atoms with Crippen molar-refractivity contribution in [1.82, 2.24) is 5.43 Å². The lowest BCUT2D eigenvalue weighted by Gasteiger charge is -2.24. The minimum absolute atomic E-state index is 0.0909. The molecule has 0 saturated heterocycles. The van der Waals surface area contributed by atoms with Crippen LogP contribution in [0.2, 0.25) is 0 Å². The molecule has 0 radical (unpaired) electrons. The molecule has 168 valence electrons. The Morgan fingerprint density at radius 1 is 1.06 bits per heavy atom. The van der Waals surface area contributed by atoms with Gasteiger partial charge in [-0.2, -0.15) is 25.4 Å². The van der Waals surface area contributed by atoms with Crippen molar-refractivity contribution < 1.29 is 19.5 Å². The molecule has 2 unspecified atom stereocenters. The Labute approximate surface area is 189 Å². The van der Waals surface area contributed by atoms with Crippen molar-refractivity contribution in [2.24, 2.45) is 20.4 Å². The Balaban J connectivity index is 1.82. The van der Waals surface area contributed by atoms with Gasteiger partial charge in [-0.05, 0) is 68.7 Å². The largest absolute Gasteiger partial charge is 0.478 e. The molecule has 0 fully saturated rings. The number of carbonyl (C=O) groups excluding carboxylic acids is 2. The van der Waals surface area contributed by atoms with Crippen molar-refractivity contribution in [1.29, 1.82) is 0 Å². The SMILES string of the molecule is CC1=NNC(=O)C1N=NC1(c2ccc(C)c(C)c2)C(=O)N(c2ccc(C(=O)O)cc2)N=C1C. The predicted molar refractivity (Wildman–Crippen MR) is 121 cm³/mol. The second-order valence-electron chi connectivity index (χ2n) is 8.01. The highest BCUT2D eigenvalue weighted by Gasteiger charge is 2.52. The maximum absolute atomic E-state index is 13.8. The van der Waals surface area contributed by atoms with E-state index in [4.69, 9.17) is 5.11 Å². The van der Waals surface area contributed by atoms with Crippen LogP contribution in [0.4, 0.5) is 5.69 Å². The zero-order valence-electron chi connectivity index (χ0n) is 18.5. The number of aromatic carboxylic acids is 1. The summed E-state index contributed by atoms with van der Waals surface area (Å²) in [5, 5.41) is 27.3. The summed E-state index contributed by atoms with van der Waals surface area (Å²) in [6.07, 6.45) is 0. The van der Waals surface area contributed by atoms with E-state index < -0.39 is 29.4 Å². The van der Waals surface area contributed by atoms with Gasteiger partial charge in [0.15, 0.2) is 6.04 Å². The van der Waals surface area contributed by atoms with Crippen molar-refractivity contribution in [3.63, 3.8) is 0 Å². The molecule has 4 rings (SSSR count). The summed E-state index contributed by atoms with van der Waals surface area (Å²) < 4.78 is 0. The average Bonchev–Trinajstić information content (AvgIpc) is 3.24. The molecule has 0 spiro atoms. The Kier molecular flexibility index (Phi) is 5.36. The lowest BCUT2D eigenvalue weighted by Crippen LogP contribution is -2.42. The van der Waals surface area contributed by atoms with Gasteiger partial charge in [0.2, 0.25) is 5.54 Å². The van der Waals surface area contributed by atoms with Crippen LogP contribution >= 0.6 is 0 Å². The van der Waals surface area contributed by atoms with Crippen molar-refractivity contribution in [2.75, 3.05) is 5.01 Å². The number of carboxylic acid groups (broad SMARTS) is 1. The van der Waals surface area contributed by atoms with Gasteiger partial charge in [-0.1, -0.05) is 18.2 Å². The number of hydrogen-bond donors (Lipinski definition) is 2. The van der Waals surface area contributed by atoms with E-state index in [-0.39, 0.29) is 5.56 Å². The third-order valence-corrected chi connectivity index (χ3v) is 5.87.